The Balaban J connectivity index is 1.39. The number of rotatable bonds is 8. The van der Waals surface area contributed by atoms with Crippen LogP contribution in [0.25, 0.3) is 11.1 Å². The average Bonchev–Trinajstić information content (AvgIpc) is 3.62. The lowest BCUT2D eigenvalue weighted by atomic mass is 9.93. The number of benzene rings is 2. The number of imide groups is 1. The molecule has 3 atom stereocenters. The molecule has 1 aliphatic carbocycles. The van der Waals surface area contributed by atoms with Crippen molar-refractivity contribution in [2.75, 3.05) is 13.6 Å². The number of nitrogens with zero attached hydrogens (tertiary/aromatic N) is 4. The van der Waals surface area contributed by atoms with Gasteiger partial charge < -0.3 is 20.1 Å². The van der Waals surface area contributed by atoms with Gasteiger partial charge in [0.2, 0.25) is 17.4 Å². The molecule has 15 heteroatoms. The van der Waals surface area contributed by atoms with E-state index in [1.165, 1.54) is 36.1 Å². The number of carbonyl (C=O) groups is 4. The van der Waals surface area contributed by atoms with Crippen LogP contribution in [0, 0.1) is 5.82 Å². The molecule has 0 radical (unpaired) electrons. The zero-order valence-electron chi connectivity index (χ0n) is 23.5. The first-order valence-corrected chi connectivity index (χ1v) is 13.4. The van der Waals surface area contributed by atoms with Gasteiger partial charge in [0, 0.05) is 37.3 Å². The molecule has 0 bridgehead atoms. The number of halogens is 4. The first-order valence-electron chi connectivity index (χ1n) is 13.4. The van der Waals surface area contributed by atoms with E-state index in [0.717, 1.165) is 19.1 Å². The van der Waals surface area contributed by atoms with Gasteiger partial charge in [0.25, 0.3) is 5.91 Å². The molecular weight excluding hydrogens is 590 g/mol. The molecule has 232 valence electrons. The van der Waals surface area contributed by atoms with Gasteiger partial charge in [-0.1, -0.05) is 24.3 Å². The maximum Gasteiger partial charge on any atom is 0.418 e. The van der Waals surface area contributed by atoms with Crippen molar-refractivity contribution in [2.24, 2.45) is 0 Å². The van der Waals surface area contributed by atoms with Crippen LogP contribution in [0.4, 0.5) is 22.4 Å². The van der Waals surface area contributed by atoms with Gasteiger partial charge in [-0.2, -0.15) is 18.3 Å². The molecule has 1 unspecified atom stereocenters. The Morgan fingerprint density at radius 1 is 1.16 bits per heavy atom. The topological polar surface area (TPSA) is 134 Å². The molecule has 1 aromatic heterocycles. The molecular formula is C29H27F4N5O6. The van der Waals surface area contributed by atoms with Crippen molar-refractivity contribution in [2.45, 2.75) is 50.4 Å². The summed E-state index contributed by atoms with van der Waals surface area (Å²) in [6, 6.07) is 6.89. The average molecular weight is 618 g/mol. The Kier molecular flexibility index (Phi) is 7.92. The van der Waals surface area contributed by atoms with Crippen LogP contribution in [0.15, 0.2) is 54.9 Å². The smallest absolute Gasteiger partial charge is 0.418 e. The number of hydrogen-bond donors (Lipinski definition) is 2. The summed E-state index contributed by atoms with van der Waals surface area (Å²) in [6.45, 7) is -0.868. The molecule has 2 aromatic carbocycles. The van der Waals surface area contributed by atoms with Crippen molar-refractivity contribution in [3.05, 3.63) is 77.4 Å². The molecule has 1 spiro atoms. The summed E-state index contributed by atoms with van der Waals surface area (Å²) in [5.41, 5.74) is -0.140. The number of alkyl halides is 3. The Morgan fingerprint density at radius 3 is 2.52 bits per heavy atom. The molecule has 2 heterocycles. The lowest BCUT2D eigenvalue weighted by Crippen LogP contribution is -2.51. The number of ether oxygens (including phenoxy) is 1. The van der Waals surface area contributed by atoms with Gasteiger partial charge in [-0.05, 0) is 41.8 Å². The van der Waals surface area contributed by atoms with Crippen molar-refractivity contribution in [1.82, 2.24) is 24.9 Å². The van der Waals surface area contributed by atoms with E-state index in [4.69, 9.17) is 4.74 Å². The summed E-state index contributed by atoms with van der Waals surface area (Å²) < 4.78 is 61.3. The van der Waals surface area contributed by atoms with Crippen molar-refractivity contribution in [3.8, 4) is 11.1 Å². The van der Waals surface area contributed by atoms with Crippen molar-refractivity contribution >= 4 is 23.8 Å². The largest absolute Gasteiger partial charge is 0.427 e. The number of likely N-dealkylation sites (N-methyl/N-ethyl adjacent to an activating group) is 1. The number of nitrogens with one attached hydrogen (secondary N) is 1. The predicted octanol–water partition coefficient (Wildman–Crippen LogP) is 3.03. The fourth-order valence-electron chi connectivity index (χ4n) is 5.32. The minimum absolute atomic E-state index is 0.0186. The van der Waals surface area contributed by atoms with Gasteiger partial charge in [-0.25, -0.2) is 14.1 Å². The lowest BCUT2D eigenvalue weighted by Gasteiger charge is -2.31. The van der Waals surface area contributed by atoms with Crippen molar-refractivity contribution in [3.63, 3.8) is 0 Å². The van der Waals surface area contributed by atoms with Gasteiger partial charge >= 0.3 is 12.3 Å². The third kappa shape index (κ3) is 5.62. The standard InChI is InChI=1S/C29H27F4N5O6/c1-16(29(31,32)33)37(12-17-3-6-20(30)7-4-17)25(41)15-38-26(42)28(44-27(38)43)10-23(39)21-9-18(5-8-22(21)28)19-11-35-36(13-19)14-24(40)34-2/h3-9,11,13,16,23,39H,10,12,14-15H2,1-2H3,(H,34,40)/t16?,23-,28-/m0/s1. The second-order valence-electron chi connectivity index (χ2n) is 10.6. The van der Waals surface area contributed by atoms with E-state index >= 15 is 0 Å². The summed E-state index contributed by atoms with van der Waals surface area (Å²) in [5, 5.41) is 17.5. The van der Waals surface area contributed by atoms with E-state index in [1.54, 1.807) is 18.3 Å². The van der Waals surface area contributed by atoms with E-state index in [1.807, 2.05) is 0 Å². The minimum atomic E-state index is -4.84. The third-order valence-electron chi connectivity index (χ3n) is 7.77. The molecule has 1 fully saturated rings. The number of hydrogen-bond acceptors (Lipinski definition) is 7. The van der Waals surface area contributed by atoms with E-state index < -0.39 is 60.7 Å². The second-order valence-corrected chi connectivity index (χ2v) is 10.6. The maximum atomic E-state index is 13.7. The van der Waals surface area contributed by atoms with Gasteiger partial charge in [-0.15, -0.1) is 0 Å². The first kappa shape index (κ1) is 30.7. The first-order chi connectivity index (χ1) is 20.7. The predicted molar refractivity (Wildman–Crippen MR) is 144 cm³/mol. The molecule has 44 heavy (non-hydrogen) atoms. The molecule has 2 aliphatic rings. The number of amides is 4. The number of fused-ring (bicyclic) bond motifs is 2. The normalized spacial score (nSPS) is 20.1. The van der Waals surface area contributed by atoms with Crippen LogP contribution < -0.4 is 5.32 Å². The monoisotopic (exact) mass is 617 g/mol. The number of carbonyl (C=O) groups excluding carboxylic acids is 4. The van der Waals surface area contributed by atoms with Crippen molar-refractivity contribution in [1.29, 1.82) is 0 Å². The van der Waals surface area contributed by atoms with Crippen LogP contribution >= 0.6 is 0 Å². The maximum absolute atomic E-state index is 13.7. The van der Waals surface area contributed by atoms with E-state index in [2.05, 4.69) is 10.4 Å². The van der Waals surface area contributed by atoms with Crippen LogP contribution in [0.5, 0.6) is 0 Å². The lowest BCUT2D eigenvalue weighted by molar-refractivity contribution is -0.187. The molecule has 4 amide bonds. The van der Waals surface area contributed by atoms with Gasteiger partial charge in [0.05, 0.1) is 12.3 Å². The van der Waals surface area contributed by atoms with Crippen LogP contribution in [0.3, 0.4) is 0 Å². The van der Waals surface area contributed by atoms with Gasteiger partial charge in [0.1, 0.15) is 24.9 Å². The van der Waals surface area contributed by atoms with Gasteiger partial charge in [0.15, 0.2) is 0 Å². The SMILES string of the molecule is CNC(=O)Cn1cc(-c2ccc3c(c2)[C@@H](O)C[C@]32OC(=O)N(CC(=O)N(Cc3ccc(F)cc3)C(C)C(F)(F)F)C2=O)cn1. The number of aromatic nitrogens is 2. The van der Waals surface area contributed by atoms with Crippen LogP contribution in [0.1, 0.15) is 36.1 Å². The second kappa shape index (κ2) is 11.4. The van der Waals surface area contributed by atoms with E-state index in [-0.39, 0.29) is 35.6 Å². The Hall–Kier alpha value is -4.79. The van der Waals surface area contributed by atoms with Crippen LogP contribution in [0.2, 0.25) is 0 Å². The molecule has 1 saturated heterocycles. The molecule has 3 aromatic rings. The molecule has 5 rings (SSSR count). The Labute approximate surface area is 248 Å². The fourth-order valence-corrected chi connectivity index (χ4v) is 5.32. The summed E-state index contributed by atoms with van der Waals surface area (Å²) in [6.07, 6.45) is -4.58. The summed E-state index contributed by atoms with van der Waals surface area (Å²) in [5.74, 6) is -3.07. The zero-order chi connectivity index (χ0) is 32.0. The highest BCUT2D eigenvalue weighted by Gasteiger charge is 2.61. The van der Waals surface area contributed by atoms with Crippen molar-refractivity contribution < 1.29 is 46.6 Å². The quantitative estimate of drug-likeness (QED) is 0.371. The molecule has 11 nitrogen and oxygen atoms in total. The summed E-state index contributed by atoms with van der Waals surface area (Å²) in [7, 11) is 1.49. The highest BCUT2D eigenvalue weighted by atomic mass is 19.4. The van der Waals surface area contributed by atoms with E-state index in [9.17, 15) is 41.8 Å². The zero-order valence-corrected chi connectivity index (χ0v) is 23.5. The molecule has 0 saturated carbocycles. The third-order valence-corrected chi connectivity index (χ3v) is 7.77. The number of aliphatic hydroxyl groups excluding tert-OH is 1. The molecule has 2 N–H and O–H groups in total. The van der Waals surface area contributed by atoms with Crippen LogP contribution in [-0.2, 0) is 37.8 Å². The van der Waals surface area contributed by atoms with Gasteiger partial charge in [-0.3, -0.25) is 19.1 Å². The number of aliphatic hydroxyl groups is 1. The molecule has 1 aliphatic heterocycles. The Morgan fingerprint density at radius 2 is 1.86 bits per heavy atom. The van der Waals surface area contributed by atoms with Crippen LogP contribution in [-0.4, -0.2) is 74.3 Å². The fraction of sp³-hybridized carbons (Fsp3) is 0.345. The van der Waals surface area contributed by atoms with E-state index in [0.29, 0.717) is 20.9 Å². The highest BCUT2D eigenvalue weighted by molar-refractivity contribution is 6.06. The summed E-state index contributed by atoms with van der Waals surface area (Å²) in [4.78, 5) is 52.3. The minimum Gasteiger partial charge on any atom is -0.427 e. The Bertz CT molecular complexity index is 1620. The summed E-state index contributed by atoms with van der Waals surface area (Å²) >= 11 is 0. The highest BCUT2D eigenvalue weighted by Crippen LogP contribution is 2.50.